The summed E-state index contributed by atoms with van der Waals surface area (Å²) in [5, 5.41) is 13.3. The molecule has 19 heavy (non-hydrogen) atoms. The zero-order valence-electron chi connectivity index (χ0n) is 10.7. The minimum atomic E-state index is -0.837. The van der Waals surface area contributed by atoms with E-state index in [1.807, 2.05) is 30.3 Å². The van der Waals surface area contributed by atoms with Crippen LogP contribution in [0.4, 0.5) is 5.82 Å². The van der Waals surface area contributed by atoms with Crippen LogP contribution in [-0.2, 0) is 4.79 Å². The third kappa shape index (κ3) is 3.48. The van der Waals surface area contributed by atoms with Crippen LogP contribution < -0.4 is 11.1 Å². The maximum absolute atomic E-state index is 11.2. The number of aliphatic carboxylic acids is 1. The molecule has 0 bridgehead atoms. The highest BCUT2D eigenvalue weighted by Gasteiger charge is 2.17. The van der Waals surface area contributed by atoms with Crippen molar-refractivity contribution < 1.29 is 9.90 Å². The Balaban J connectivity index is 2.05. The summed E-state index contributed by atoms with van der Waals surface area (Å²) in [4.78, 5) is 14.4. The first-order valence-electron chi connectivity index (χ1n) is 6.48. The number of nitrogens with two attached hydrogens (primary N) is 1. The predicted octanol–water partition coefficient (Wildman–Crippen LogP) is 2.16. The second-order valence-electron chi connectivity index (χ2n) is 4.59. The number of aromatic amines is 1. The molecule has 102 valence electrons. The van der Waals surface area contributed by atoms with Crippen molar-refractivity contribution in [2.45, 2.75) is 25.3 Å². The highest BCUT2D eigenvalue weighted by Crippen LogP contribution is 2.19. The van der Waals surface area contributed by atoms with Crippen LogP contribution in [0.5, 0.6) is 0 Å². The van der Waals surface area contributed by atoms with Gasteiger partial charge in [0.15, 0.2) is 0 Å². The fraction of sp³-hybridized carbons (Fsp3) is 0.357. The first-order valence-corrected chi connectivity index (χ1v) is 6.48. The van der Waals surface area contributed by atoms with Crippen LogP contribution in [-0.4, -0.2) is 28.6 Å². The first kappa shape index (κ1) is 13.4. The smallest absolute Gasteiger partial charge is 0.326 e. The molecule has 0 radical (unpaired) electrons. The number of H-pyrrole nitrogens is 1. The number of anilines is 1. The molecule has 0 spiro atoms. The number of fused-ring (bicyclic) bond motifs is 1. The second kappa shape index (κ2) is 6.24. The molecule has 2 rings (SSSR count). The molecule has 0 amide bonds. The fourth-order valence-electron chi connectivity index (χ4n) is 2.09. The van der Waals surface area contributed by atoms with Crippen molar-refractivity contribution in [3.05, 3.63) is 30.3 Å². The standard InChI is InChI=1S/C14H19N3O2/c15-8-4-3-7-12(14(18)19)17-13-9-10-5-1-2-6-11(10)16-13/h1-2,5-6,9,12,16-17H,3-4,7-8,15H2,(H,18,19)/t12-/m0/s1. The molecule has 0 unspecified atom stereocenters. The summed E-state index contributed by atoms with van der Waals surface area (Å²) in [6.45, 7) is 0.596. The van der Waals surface area contributed by atoms with Gasteiger partial charge in [-0.15, -0.1) is 0 Å². The normalized spacial score (nSPS) is 12.5. The number of unbranched alkanes of at least 4 members (excludes halogenated alkanes) is 1. The number of hydrogen-bond acceptors (Lipinski definition) is 3. The maximum Gasteiger partial charge on any atom is 0.326 e. The molecule has 0 saturated heterocycles. The van der Waals surface area contributed by atoms with Crippen molar-refractivity contribution in [3.63, 3.8) is 0 Å². The Hall–Kier alpha value is -2.01. The Labute approximate surface area is 111 Å². The van der Waals surface area contributed by atoms with E-state index in [9.17, 15) is 9.90 Å². The van der Waals surface area contributed by atoms with E-state index in [2.05, 4.69) is 10.3 Å². The third-order valence-corrected chi connectivity index (χ3v) is 3.10. The number of hydrogen-bond donors (Lipinski definition) is 4. The lowest BCUT2D eigenvalue weighted by Gasteiger charge is -2.13. The van der Waals surface area contributed by atoms with Crippen LogP contribution in [0.3, 0.4) is 0 Å². The van der Waals surface area contributed by atoms with Crippen molar-refractivity contribution >= 4 is 22.7 Å². The maximum atomic E-state index is 11.2. The van der Waals surface area contributed by atoms with Crippen molar-refractivity contribution in [2.24, 2.45) is 5.73 Å². The molecule has 1 aromatic carbocycles. The Morgan fingerprint density at radius 1 is 1.37 bits per heavy atom. The van der Waals surface area contributed by atoms with E-state index in [0.29, 0.717) is 13.0 Å². The van der Waals surface area contributed by atoms with Crippen molar-refractivity contribution in [2.75, 3.05) is 11.9 Å². The molecule has 5 N–H and O–H groups in total. The highest BCUT2D eigenvalue weighted by molar-refractivity contribution is 5.85. The van der Waals surface area contributed by atoms with E-state index in [0.717, 1.165) is 29.6 Å². The average Bonchev–Trinajstić information content (AvgIpc) is 2.80. The number of rotatable bonds is 7. The topological polar surface area (TPSA) is 91.1 Å². The molecular formula is C14H19N3O2. The fourth-order valence-corrected chi connectivity index (χ4v) is 2.09. The van der Waals surface area contributed by atoms with E-state index >= 15 is 0 Å². The van der Waals surface area contributed by atoms with Gasteiger partial charge in [0.1, 0.15) is 11.9 Å². The van der Waals surface area contributed by atoms with Crippen LogP contribution in [0, 0.1) is 0 Å². The minimum absolute atomic E-state index is 0.571. The van der Waals surface area contributed by atoms with E-state index in [-0.39, 0.29) is 0 Å². The Morgan fingerprint density at radius 3 is 2.84 bits per heavy atom. The molecule has 2 aromatic rings. The Kier molecular flexibility index (Phi) is 4.41. The number of carbonyl (C=O) groups is 1. The van der Waals surface area contributed by atoms with Gasteiger partial charge in [-0.05, 0) is 37.9 Å². The summed E-state index contributed by atoms with van der Waals surface area (Å²) < 4.78 is 0. The summed E-state index contributed by atoms with van der Waals surface area (Å²) in [5.74, 6) is -0.1000. The van der Waals surface area contributed by atoms with Crippen molar-refractivity contribution in [1.82, 2.24) is 4.98 Å². The van der Waals surface area contributed by atoms with Gasteiger partial charge >= 0.3 is 5.97 Å². The van der Waals surface area contributed by atoms with E-state index in [1.54, 1.807) is 0 Å². The van der Waals surface area contributed by atoms with Crippen LogP contribution >= 0.6 is 0 Å². The van der Waals surface area contributed by atoms with Gasteiger partial charge in [0.2, 0.25) is 0 Å². The average molecular weight is 261 g/mol. The van der Waals surface area contributed by atoms with Crippen LogP contribution in [0.2, 0.25) is 0 Å². The number of aromatic nitrogens is 1. The van der Waals surface area contributed by atoms with Gasteiger partial charge in [0.05, 0.1) is 0 Å². The van der Waals surface area contributed by atoms with Gasteiger partial charge in [-0.1, -0.05) is 18.2 Å². The van der Waals surface area contributed by atoms with Crippen molar-refractivity contribution in [1.29, 1.82) is 0 Å². The summed E-state index contributed by atoms with van der Waals surface area (Å²) in [7, 11) is 0. The third-order valence-electron chi connectivity index (χ3n) is 3.10. The SMILES string of the molecule is NCCCC[C@H](Nc1cc2ccccc2[nH]1)C(=O)O. The molecule has 0 fully saturated rings. The zero-order chi connectivity index (χ0) is 13.7. The number of carboxylic acid groups (broad SMARTS) is 1. The van der Waals surface area contributed by atoms with Gasteiger partial charge in [0.25, 0.3) is 0 Å². The summed E-state index contributed by atoms with van der Waals surface area (Å²) in [6.07, 6.45) is 2.22. The molecule has 0 aliphatic carbocycles. The molecular weight excluding hydrogens is 242 g/mol. The Bertz CT molecular complexity index is 517. The van der Waals surface area contributed by atoms with Gasteiger partial charge in [0, 0.05) is 10.9 Å². The van der Waals surface area contributed by atoms with Gasteiger partial charge in [-0.3, -0.25) is 0 Å². The largest absolute Gasteiger partial charge is 0.480 e. The van der Waals surface area contributed by atoms with Crippen LogP contribution in [0.1, 0.15) is 19.3 Å². The van der Waals surface area contributed by atoms with Gasteiger partial charge in [-0.25, -0.2) is 4.79 Å². The van der Waals surface area contributed by atoms with Crippen molar-refractivity contribution in [3.8, 4) is 0 Å². The predicted molar refractivity (Wildman–Crippen MR) is 76.3 cm³/mol. The number of carboxylic acids is 1. The highest BCUT2D eigenvalue weighted by atomic mass is 16.4. The molecule has 0 aliphatic heterocycles. The number of nitrogens with one attached hydrogen (secondary N) is 2. The molecule has 1 aromatic heterocycles. The van der Waals surface area contributed by atoms with Gasteiger partial charge < -0.3 is 21.1 Å². The molecule has 1 atom stereocenters. The lowest BCUT2D eigenvalue weighted by Crippen LogP contribution is -2.29. The summed E-state index contributed by atoms with van der Waals surface area (Å²) >= 11 is 0. The monoisotopic (exact) mass is 261 g/mol. The number of para-hydroxylation sites is 1. The molecule has 0 aliphatic rings. The van der Waals surface area contributed by atoms with Crippen LogP contribution in [0.25, 0.3) is 10.9 Å². The molecule has 5 nitrogen and oxygen atoms in total. The summed E-state index contributed by atoms with van der Waals surface area (Å²) in [5.41, 5.74) is 6.42. The summed E-state index contributed by atoms with van der Waals surface area (Å²) in [6, 6.07) is 9.19. The molecule has 0 saturated carbocycles. The van der Waals surface area contributed by atoms with Crippen LogP contribution in [0.15, 0.2) is 30.3 Å². The Morgan fingerprint density at radius 2 is 2.16 bits per heavy atom. The van der Waals surface area contributed by atoms with E-state index < -0.39 is 12.0 Å². The second-order valence-corrected chi connectivity index (χ2v) is 4.59. The molecule has 5 heteroatoms. The van der Waals surface area contributed by atoms with E-state index in [1.165, 1.54) is 0 Å². The lowest BCUT2D eigenvalue weighted by molar-refractivity contribution is -0.138. The first-order chi connectivity index (χ1) is 9.20. The number of benzene rings is 1. The zero-order valence-corrected chi connectivity index (χ0v) is 10.7. The molecule has 1 heterocycles. The minimum Gasteiger partial charge on any atom is -0.480 e. The lowest BCUT2D eigenvalue weighted by atomic mass is 10.1. The quantitative estimate of drug-likeness (QED) is 0.575. The van der Waals surface area contributed by atoms with Gasteiger partial charge in [-0.2, -0.15) is 0 Å². The van der Waals surface area contributed by atoms with E-state index in [4.69, 9.17) is 5.73 Å².